The van der Waals surface area contributed by atoms with Crippen LogP contribution < -0.4 is 29.6 Å². The van der Waals surface area contributed by atoms with E-state index in [0.29, 0.717) is 98.1 Å². The molecular formula is C94H104Cl6F8N6O16S6. The molecule has 0 amide bonds. The molecule has 0 bridgehead atoms. The molecule has 2 saturated heterocycles. The minimum atomic E-state index is -4.33. The number of nitrogens with one attached hydrogen (secondary N) is 2. The lowest BCUT2D eigenvalue weighted by Crippen LogP contribution is -2.53. The van der Waals surface area contributed by atoms with E-state index in [1.54, 1.807) is 0 Å². The zero-order valence-corrected chi connectivity index (χ0v) is 84.0. The molecule has 0 aromatic heterocycles. The van der Waals surface area contributed by atoms with Gasteiger partial charge in [-0.25, -0.2) is 85.6 Å². The van der Waals surface area contributed by atoms with Gasteiger partial charge in [-0.1, -0.05) is 69.6 Å². The number of ether oxygens (including phenoxy) is 4. The van der Waals surface area contributed by atoms with Crippen LogP contribution in [0.2, 0.25) is 30.1 Å². The molecule has 4 aliphatic carbocycles. The Morgan fingerprint density at radius 2 is 0.574 bits per heavy atom. The first-order valence-electron chi connectivity index (χ1n) is 44.8. The summed E-state index contributed by atoms with van der Waals surface area (Å²) < 4.78 is 305. The van der Waals surface area contributed by atoms with Crippen LogP contribution in [0.4, 0.5) is 35.1 Å². The fourth-order valence-corrected chi connectivity index (χ4v) is 36.2. The number of sulfonamides is 2. The number of hydrogen-bond donors (Lipinski definition) is 2. The summed E-state index contributed by atoms with van der Waals surface area (Å²) >= 11 is 35.8. The van der Waals surface area contributed by atoms with Crippen molar-refractivity contribution in [2.45, 2.75) is 128 Å². The van der Waals surface area contributed by atoms with E-state index >= 15 is 17.6 Å². The lowest BCUT2D eigenvalue weighted by Gasteiger charge is -2.49. The minimum absolute atomic E-state index is 0.00609. The third-order valence-electron chi connectivity index (χ3n) is 29.2. The lowest BCUT2D eigenvalue weighted by atomic mass is 9.68. The number of benzene rings is 8. The van der Waals surface area contributed by atoms with Gasteiger partial charge in [-0.15, -0.1) is 0 Å². The SMILES string of the molecule is CN1CCN(S(=O)(=O)C[C@@H]2CC[C@@]3(S(=O)(=O)c4ccc(Cl)cc4)c4c(F)c(Cl)cc(F)c4OC[C@H]3C2)CC1.CN1CCN(S(=O)(=O)C[C@@H]2CC[C@@]3(S(=O)(=O)c4ccc(Cl)cc4)c4c(F)ccc(F)c4OC[C@H]3C2)CC1.CNCC[C@@H]1CC[C@@]2(S(=O)(=O)c3ccc(Cl)cc3)c3c(F)c(Cl)cc(F)c3OC[C@H]2C1.CNCC[C@@H]1CC[C@@]2(S(=O)(=O)c3ccc(Cl)cc3)c3c(F)ccc(F)c3OC[C@H]2C1. The average molecular weight is 2130 g/mol. The van der Waals surface area contributed by atoms with Crippen LogP contribution in [0.1, 0.15) is 112 Å². The van der Waals surface area contributed by atoms with Crippen molar-refractivity contribution in [1.29, 1.82) is 0 Å². The summed E-state index contributed by atoms with van der Waals surface area (Å²) in [5.41, 5.74) is -1.18. The van der Waals surface area contributed by atoms with Gasteiger partial charge in [-0.05, 0) is 288 Å². The van der Waals surface area contributed by atoms with Crippen molar-refractivity contribution in [3.63, 3.8) is 0 Å². The number of fused-ring (bicyclic) bond motifs is 12. The normalized spacial score (nSPS) is 26.4. The van der Waals surface area contributed by atoms with Crippen molar-refractivity contribution in [2.24, 2.45) is 47.3 Å². The third kappa shape index (κ3) is 19.3. The van der Waals surface area contributed by atoms with E-state index in [4.69, 9.17) is 88.6 Å². The molecule has 0 spiro atoms. The number of rotatable bonds is 20. The first kappa shape index (κ1) is 104. The monoisotopic (exact) mass is 2130 g/mol. The zero-order valence-electron chi connectivity index (χ0n) is 74.6. The lowest BCUT2D eigenvalue weighted by molar-refractivity contribution is 0.0956. The van der Waals surface area contributed by atoms with Gasteiger partial charge in [0.2, 0.25) is 20.0 Å². The largest absolute Gasteiger partial charge is 0.490 e. The smallest absolute Gasteiger partial charge is 0.214 e. The molecule has 740 valence electrons. The van der Waals surface area contributed by atoms with Crippen molar-refractivity contribution in [1.82, 2.24) is 29.0 Å². The van der Waals surface area contributed by atoms with E-state index in [9.17, 15) is 68.1 Å². The van der Waals surface area contributed by atoms with E-state index in [1.165, 1.54) is 106 Å². The highest BCUT2D eigenvalue weighted by Gasteiger charge is 2.65. The highest BCUT2D eigenvalue weighted by Crippen LogP contribution is 2.64. The Balaban J connectivity index is 0.000000139. The molecule has 10 aliphatic rings. The van der Waals surface area contributed by atoms with Crippen molar-refractivity contribution in [3.8, 4) is 23.0 Å². The van der Waals surface area contributed by atoms with Crippen LogP contribution in [0.25, 0.3) is 0 Å². The highest BCUT2D eigenvalue weighted by molar-refractivity contribution is 7.93. The minimum Gasteiger partial charge on any atom is -0.490 e. The van der Waals surface area contributed by atoms with Crippen molar-refractivity contribution in [2.75, 3.05) is 132 Å². The molecule has 0 unspecified atom stereocenters. The molecule has 2 N–H and O–H groups in total. The second-order valence-corrected chi connectivity index (χ2v) is 52.3. The maximum absolute atomic E-state index is 15.7. The quantitative estimate of drug-likeness (QED) is 0.0530. The van der Waals surface area contributed by atoms with E-state index < -0.39 is 176 Å². The second-order valence-electron chi connectivity index (χ2n) is 36.9. The van der Waals surface area contributed by atoms with E-state index in [1.807, 2.05) is 28.2 Å². The molecule has 6 fully saturated rings. The molecule has 6 heterocycles. The van der Waals surface area contributed by atoms with E-state index in [2.05, 4.69) is 20.4 Å². The Hall–Kier alpha value is -6.40. The Labute approximate surface area is 818 Å². The van der Waals surface area contributed by atoms with Crippen LogP contribution in [0.3, 0.4) is 0 Å². The highest BCUT2D eigenvalue weighted by atomic mass is 35.5. The molecule has 136 heavy (non-hydrogen) atoms. The van der Waals surface area contributed by atoms with Gasteiger partial charge in [0, 0.05) is 96.1 Å². The maximum atomic E-state index is 15.7. The summed E-state index contributed by atoms with van der Waals surface area (Å²) in [6, 6.07) is 28.2. The standard InChI is InChI=1S/C25H28Cl2F2N2O5S2.C25H29ClF2N2O5S2.C22H23Cl2F2NO3S.C22H24ClF2NO3S/c1-30-8-10-31(11-9-30)37(32,33)15-16-6-7-25(38(34,35)19-4-2-18(26)3-5-19)17(12-16)14-36-24-21(28)13-20(27)23(29)22(24)25;1-29-10-12-30(13-11-29)36(31,32)16-17-8-9-25(37(33,34)20-4-2-19(26)3-5-20)18(14-17)15-35-24-22(28)7-6-21(27)23(24)25;1-27-9-7-13-6-8-22(31(28,29)16-4-2-15(23)3-5-16)14(10-13)12-30-21-18(25)11-17(24)20(26)19(21)22;1-26-11-9-14-8-10-22(30(27,28)17-4-2-16(23)3-5-17)15(12-14)13-29-21-19(25)7-6-18(24)20(21)22/h2-5,13,16-17H,6-12,14-15H2,1H3;2-7,17-18H,8-16H2,1H3;2-5,11,13-14,27H,6-10,12H2,1H3;2-7,14-15,26H,8-13H2,1H3/t16-,17-,25+;17-,18-,25+;13-,14+,22-;14-,15+,22-/m1100/s1. The summed E-state index contributed by atoms with van der Waals surface area (Å²) in [4.78, 5) is 4.04. The number of nitrogens with zero attached hydrogens (tertiary/aromatic N) is 4. The Morgan fingerprint density at radius 3 is 0.846 bits per heavy atom. The molecule has 8 aromatic rings. The second kappa shape index (κ2) is 41.1. The Bertz CT molecular complexity index is 6540. The van der Waals surface area contributed by atoms with Crippen LogP contribution in [-0.2, 0) is 78.4 Å². The molecule has 18 rings (SSSR count). The number of hydrogen-bond acceptors (Lipinski definition) is 20. The van der Waals surface area contributed by atoms with Gasteiger partial charge in [0.25, 0.3) is 0 Å². The van der Waals surface area contributed by atoms with Crippen LogP contribution in [0, 0.1) is 93.9 Å². The summed E-state index contributed by atoms with van der Waals surface area (Å²) in [6.07, 6.45) is 4.99. The van der Waals surface area contributed by atoms with Gasteiger partial charge >= 0.3 is 0 Å². The van der Waals surface area contributed by atoms with Crippen LogP contribution in [0.5, 0.6) is 23.0 Å². The van der Waals surface area contributed by atoms with E-state index in [0.717, 1.165) is 62.3 Å². The van der Waals surface area contributed by atoms with Crippen molar-refractivity contribution in [3.05, 3.63) is 232 Å². The zero-order chi connectivity index (χ0) is 98.0. The van der Waals surface area contributed by atoms with Crippen LogP contribution in [-0.4, -0.2) is 200 Å². The first-order valence-corrected chi connectivity index (χ1v) is 56.2. The summed E-state index contributed by atoms with van der Waals surface area (Å²) in [6.45, 7) is 5.42. The van der Waals surface area contributed by atoms with Crippen molar-refractivity contribution < 1.29 is 105 Å². The Kier molecular flexibility index (Phi) is 31.4. The van der Waals surface area contributed by atoms with Crippen molar-refractivity contribution >= 4 is 129 Å². The predicted octanol–water partition coefficient (Wildman–Crippen LogP) is 18.1. The van der Waals surface area contributed by atoms with Gasteiger partial charge in [0.15, 0.2) is 97.3 Å². The fourth-order valence-electron chi connectivity index (χ4n) is 22.2. The number of likely N-dealkylation sites (N-methyl/N-ethyl adjacent to an activating group) is 2. The first-order chi connectivity index (χ1) is 64.3. The van der Waals surface area contributed by atoms with Crippen LogP contribution >= 0.6 is 69.6 Å². The summed E-state index contributed by atoms with van der Waals surface area (Å²) in [5.74, 6) is -11.5. The Morgan fingerprint density at radius 1 is 0.331 bits per heavy atom. The molecule has 22 nitrogen and oxygen atoms in total. The van der Waals surface area contributed by atoms with Gasteiger partial charge in [0.1, 0.15) is 30.6 Å². The molecule has 0 radical (unpaired) electrons. The molecule has 4 saturated carbocycles. The van der Waals surface area contributed by atoms with Gasteiger partial charge in [-0.2, -0.15) is 8.61 Å². The average Bonchev–Trinajstić information content (AvgIpc) is 0.671. The number of piperazine rings is 2. The molecule has 42 heteroatoms. The molecule has 12 atom stereocenters. The molecule has 8 aromatic carbocycles. The fraction of sp³-hybridized carbons (Fsp3) is 0.489. The van der Waals surface area contributed by atoms with Gasteiger partial charge in [-0.3, -0.25) is 0 Å². The number of sulfone groups is 4. The van der Waals surface area contributed by atoms with Crippen LogP contribution in [0.15, 0.2) is 153 Å². The molecular weight excluding hydrogens is 2030 g/mol. The van der Waals surface area contributed by atoms with Gasteiger partial charge < -0.3 is 39.4 Å². The van der Waals surface area contributed by atoms with Gasteiger partial charge in [0.05, 0.1) is 89.8 Å². The third-order valence-corrected chi connectivity index (χ3v) is 45.2. The number of halogens is 14. The summed E-state index contributed by atoms with van der Waals surface area (Å²) in [5, 5.41) is 6.68. The predicted molar refractivity (Wildman–Crippen MR) is 505 cm³/mol. The maximum Gasteiger partial charge on any atom is 0.214 e. The topological polar surface area (TPSA) is 279 Å². The summed E-state index contributed by atoms with van der Waals surface area (Å²) in [7, 11) is -16.3. The molecule has 6 aliphatic heterocycles. The van der Waals surface area contributed by atoms with E-state index in [-0.39, 0.29) is 161 Å².